The maximum atomic E-state index is 3.96. The third-order valence-corrected chi connectivity index (χ3v) is 12.8. The molecule has 2 atom stereocenters. The van der Waals surface area contributed by atoms with Crippen LogP contribution in [0.5, 0.6) is 0 Å². The molecule has 2 aromatic carbocycles. The quantitative estimate of drug-likeness (QED) is 0.295. The molecular formula is C26H33Cl3SiTi. The zero-order valence-electron chi connectivity index (χ0n) is 20.1. The molecule has 5 heteroatoms. The summed E-state index contributed by atoms with van der Waals surface area (Å²) in [4.78, 5) is 0. The second-order valence-electron chi connectivity index (χ2n) is 8.87. The summed E-state index contributed by atoms with van der Waals surface area (Å²) in [7, 11) is -2.17. The van der Waals surface area contributed by atoms with Gasteiger partial charge in [-0.1, -0.05) is 90.3 Å². The number of aryl methyl sites for hydroxylation is 3. The van der Waals surface area contributed by atoms with Crippen LogP contribution < -0.4 is 47.6 Å². The second kappa shape index (κ2) is 11.7. The Labute approximate surface area is 224 Å². The van der Waals surface area contributed by atoms with Crippen LogP contribution in [0.2, 0.25) is 11.6 Å². The average molecular weight is 528 g/mol. The van der Waals surface area contributed by atoms with Crippen LogP contribution in [0.1, 0.15) is 49.9 Å². The summed E-state index contributed by atoms with van der Waals surface area (Å²) in [6.07, 6.45) is 3.96. The van der Waals surface area contributed by atoms with Gasteiger partial charge in [-0.2, -0.15) is 11.1 Å². The molecule has 31 heavy (non-hydrogen) atoms. The molecule has 3 rings (SSSR count). The molecule has 1 aliphatic carbocycles. The van der Waals surface area contributed by atoms with Gasteiger partial charge < -0.3 is 37.2 Å². The minimum Gasteiger partial charge on any atom is -1.00 e. The molecule has 0 aliphatic heterocycles. The molecule has 2 aromatic rings. The Kier molecular flexibility index (Phi) is 12.4. The molecule has 1 aliphatic rings. The summed E-state index contributed by atoms with van der Waals surface area (Å²) in [5.74, 6) is 0. The van der Waals surface area contributed by atoms with E-state index in [0.29, 0.717) is 0 Å². The van der Waals surface area contributed by atoms with E-state index < -0.39 is 8.07 Å². The minimum absolute atomic E-state index is 0. The fourth-order valence-corrected chi connectivity index (χ4v) is 10.2. The van der Waals surface area contributed by atoms with Gasteiger partial charge in [-0.15, -0.1) is 6.92 Å². The third-order valence-electron chi connectivity index (χ3n) is 7.25. The first-order valence-electron chi connectivity index (χ1n) is 9.98. The topological polar surface area (TPSA) is 0 Å². The van der Waals surface area contributed by atoms with Crippen molar-refractivity contribution in [1.82, 2.24) is 0 Å². The van der Waals surface area contributed by atoms with Crippen LogP contribution in [0, 0.1) is 33.8 Å². The monoisotopic (exact) mass is 526 g/mol. The SMILES string of the molecule is CC1=[C-]C(C)([Si](C)(c2cc(C)cc(C)c2)c2cccc(C)c2C)C(C)=C1C.[Cl-].[Cl-].[Cl-].[Ti+4]. The number of halogens is 3. The first-order valence-corrected chi connectivity index (χ1v) is 12.5. The molecule has 0 fully saturated rings. The fraction of sp³-hybridized carbons (Fsp3) is 0.385. The molecule has 0 saturated carbocycles. The molecule has 166 valence electrons. The molecule has 0 nitrogen and oxygen atoms in total. The number of rotatable bonds is 3. The van der Waals surface area contributed by atoms with Gasteiger partial charge in [-0.3, -0.25) is 6.08 Å². The Bertz CT molecular complexity index is 976. The fourth-order valence-electron chi connectivity index (χ4n) is 4.99. The van der Waals surface area contributed by atoms with Crippen molar-refractivity contribution in [1.29, 1.82) is 0 Å². The molecule has 0 spiro atoms. The smallest absolute Gasteiger partial charge is 1.00 e. The Morgan fingerprint density at radius 1 is 0.806 bits per heavy atom. The number of hydrogen-bond donors (Lipinski definition) is 0. The first-order chi connectivity index (χ1) is 12.5. The normalized spacial score (nSPS) is 19.2. The van der Waals surface area contributed by atoms with Gasteiger partial charge in [0, 0.05) is 0 Å². The van der Waals surface area contributed by atoms with Crippen molar-refractivity contribution in [3.8, 4) is 0 Å². The van der Waals surface area contributed by atoms with Crippen molar-refractivity contribution in [3.05, 3.63) is 81.4 Å². The molecule has 0 aromatic heterocycles. The standard InChI is InChI=1S/C26H33Si.3ClH.Ti/c1-17-13-18(2)15-24(14-17)27(9,25-12-10-11-19(3)22(25)6)26(8)16-20(4)21(5)23(26)7;;;;/h10-15H,1-9H3;3*1H;/q-1;;;;+4/p-3. The van der Waals surface area contributed by atoms with E-state index in [1.54, 1.807) is 5.19 Å². The summed E-state index contributed by atoms with van der Waals surface area (Å²) >= 11 is 0. The maximum Gasteiger partial charge on any atom is 4.00 e. The number of benzene rings is 2. The van der Waals surface area contributed by atoms with Crippen LogP contribution in [0.3, 0.4) is 0 Å². The van der Waals surface area contributed by atoms with E-state index in [9.17, 15) is 0 Å². The molecule has 0 bridgehead atoms. The summed E-state index contributed by atoms with van der Waals surface area (Å²) in [5, 5.41) is 3.02. The van der Waals surface area contributed by atoms with Crippen LogP contribution in [0.4, 0.5) is 0 Å². The van der Waals surface area contributed by atoms with Crippen LogP contribution in [-0.4, -0.2) is 8.07 Å². The first kappa shape index (κ1) is 32.9. The van der Waals surface area contributed by atoms with Gasteiger partial charge in [-0.25, -0.2) is 5.57 Å². The zero-order valence-corrected chi connectivity index (χ0v) is 24.9. The van der Waals surface area contributed by atoms with Gasteiger partial charge >= 0.3 is 21.7 Å². The van der Waals surface area contributed by atoms with Crippen LogP contribution >= 0.6 is 0 Å². The number of hydrogen-bond acceptors (Lipinski definition) is 0. The Hall–Kier alpha value is -0.279. The van der Waals surface area contributed by atoms with Crippen molar-refractivity contribution in [2.24, 2.45) is 0 Å². The Morgan fingerprint density at radius 3 is 1.77 bits per heavy atom. The Morgan fingerprint density at radius 2 is 1.32 bits per heavy atom. The van der Waals surface area contributed by atoms with E-state index in [-0.39, 0.29) is 64.0 Å². The van der Waals surface area contributed by atoms with Crippen LogP contribution in [0.25, 0.3) is 0 Å². The van der Waals surface area contributed by atoms with Crippen LogP contribution in [-0.2, 0) is 21.7 Å². The van der Waals surface area contributed by atoms with Crippen molar-refractivity contribution >= 4 is 18.4 Å². The predicted octanol–water partition coefficient (Wildman–Crippen LogP) is -3.02. The zero-order chi connectivity index (χ0) is 20.1. The van der Waals surface area contributed by atoms with E-state index in [4.69, 9.17) is 0 Å². The largest absolute Gasteiger partial charge is 4.00 e. The third kappa shape index (κ3) is 5.29. The molecule has 0 N–H and O–H groups in total. The number of allylic oxidation sites excluding steroid dienone is 4. The summed E-state index contributed by atoms with van der Waals surface area (Å²) in [5.41, 5.74) is 9.79. The van der Waals surface area contributed by atoms with Crippen molar-refractivity contribution < 1.29 is 58.9 Å². The van der Waals surface area contributed by atoms with Gasteiger partial charge in [0.1, 0.15) is 8.07 Å². The average Bonchev–Trinajstić information content (AvgIpc) is 2.80. The second-order valence-corrected chi connectivity index (χ2v) is 13.2. The Balaban J connectivity index is 0. The van der Waals surface area contributed by atoms with E-state index in [2.05, 4.69) is 104 Å². The van der Waals surface area contributed by atoms with E-state index in [1.807, 2.05) is 0 Å². The van der Waals surface area contributed by atoms with Gasteiger partial charge in [0.2, 0.25) is 0 Å². The summed E-state index contributed by atoms with van der Waals surface area (Å²) < 4.78 is 0. The molecule has 0 saturated heterocycles. The molecule has 0 radical (unpaired) electrons. The van der Waals surface area contributed by atoms with E-state index in [0.717, 1.165) is 0 Å². The summed E-state index contributed by atoms with van der Waals surface area (Å²) in [6, 6.07) is 14.0. The minimum atomic E-state index is -2.17. The molecule has 0 amide bonds. The van der Waals surface area contributed by atoms with Gasteiger partial charge in [0.05, 0.1) is 0 Å². The molecule has 2 unspecified atom stereocenters. The van der Waals surface area contributed by atoms with Crippen molar-refractivity contribution in [3.63, 3.8) is 0 Å². The van der Waals surface area contributed by atoms with Gasteiger partial charge in [0.15, 0.2) is 0 Å². The van der Waals surface area contributed by atoms with Crippen molar-refractivity contribution in [2.45, 2.75) is 67.0 Å². The van der Waals surface area contributed by atoms with Gasteiger partial charge in [0.25, 0.3) is 0 Å². The van der Waals surface area contributed by atoms with E-state index in [1.165, 1.54) is 44.2 Å². The maximum absolute atomic E-state index is 3.96. The van der Waals surface area contributed by atoms with E-state index >= 15 is 0 Å². The van der Waals surface area contributed by atoms with Crippen molar-refractivity contribution in [2.75, 3.05) is 0 Å². The predicted molar refractivity (Wildman–Crippen MR) is 122 cm³/mol. The van der Waals surface area contributed by atoms with Crippen LogP contribution in [0.15, 0.2) is 53.1 Å². The summed E-state index contributed by atoms with van der Waals surface area (Å²) in [6.45, 7) is 20.8. The molecule has 0 heterocycles. The van der Waals surface area contributed by atoms with Gasteiger partial charge in [-0.05, 0) is 38.8 Å². The molecular weight excluding hydrogens is 495 g/mol.